The van der Waals surface area contributed by atoms with Gasteiger partial charge in [-0.1, -0.05) is 21.1 Å². The second-order valence-electron chi connectivity index (χ2n) is 4.15. The van der Waals surface area contributed by atoms with E-state index in [9.17, 15) is 9.18 Å². The van der Waals surface area contributed by atoms with Gasteiger partial charge < -0.3 is 16.3 Å². The number of oxime groups is 1. The predicted octanol–water partition coefficient (Wildman–Crippen LogP) is 2.05. The Kier molecular flexibility index (Phi) is 3.25. The summed E-state index contributed by atoms with van der Waals surface area (Å²) in [4.78, 5) is 12.0. The second kappa shape index (κ2) is 4.56. The van der Waals surface area contributed by atoms with Gasteiger partial charge in [0, 0.05) is 4.47 Å². The molecule has 0 unspecified atom stereocenters. The highest BCUT2D eigenvalue weighted by atomic mass is 79.9. The molecule has 1 aliphatic carbocycles. The van der Waals surface area contributed by atoms with Gasteiger partial charge in [-0.2, -0.15) is 0 Å². The zero-order valence-electron chi connectivity index (χ0n) is 9.28. The van der Waals surface area contributed by atoms with Crippen molar-refractivity contribution < 1.29 is 14.4 Å². The van der Waals surface area contributed by atoms with Crippen LogP contribution >= 0.6 is 15.9 Å². The van der Waals surface area contributed by atoms with Gasteiger partial charge in [0.05, 0.1) is 5.69 Å². The molecule has 0 saturated heterocycles. The second-order valence-corrected chi connectivity index (χ2v) is 5.06. The number of nitrogens with one attached hydrogen (secondary N) is 1. The maximum absolute atomic E-state index is 13.5. The number of benzene rings is 1. The smallest absolute Gasteiger partial charge is 0.238 e. The minimum Gasteiger partial charge on any atom is -0.409 e. The summed E-state index contributed by atoms with van der Waals surface area (Å²) in [6, 6.07) is 4.31. The highest BCUT2D eigenvalue weighted by Gasteiger charge is 2.54. The normalized spacial score (nSPS) is 17.3. The number of rotatable bonds is 3. The van der Waals surface area contributed by atoms with Crippen molar-refractivity contribution in [3.05, 3.63) is 28.5 Å². The first-order valence-electron chi connectivity index (χ1n) is 5.24. The van der Waals surface area contributed by atoms with E-state index in [0.29, 0.717) is 17.3 Å². The van der Waals surface area contributed by atoms with E-state index in [-0.39, 0.29) is 11.5 Å². The summed E-state index contributed by atoms with van der Waals surface area (Å²) in [6.45, 7) is 0. The van der Waals surface area contributed by atoms with Crippen molar-refractivity contribution >= 4 is 33.4 Å². The van der Waals surface area contributed by atoms with Crippen LogP contribution in [0.1, 0.15) is 12.8 Å². The van der Waals surface area contributed by atoms with Gasteiger partial charge in [0.1, 0.15) is 11.2 Å². The Bertz CT molecular complexity index is 529. The highest BCUT2D eigenvalue weighted by Crippen LogP contribution is 2.46. The lowest BCUT2D eigenvalue weighted by atomic mass is 10.1. The van der Waals surface area contributed by atoms with E-state index in [1.165, 1.54) is 12.1 Å². The number of nitrogens with two attached hydrogens (primary N) is 1. The fraction of sp³-hybridized carbons (Fsp3) is 0.273. The zero-order chi connectivity index (χ0) is 13.3. The van der Waals surface area contributed by atoms with Crippen molar-refractivity contribution in [2.24, 2.45) is 16.3 Å². The van der Waals surface area contributed by atoms with Crippen LogP contribution in [0.25, 0.3) is 0 Å². The molecule has 1 aliphatic rings. The predicted molar refractivity (Wildman–Crippen MR) is 67.8 cm³/mol. The van der Waals surface area contributed by atoms with E-state index in [1.807, 2.05) is 0 Å². The molecule has 2 rings (SSSR count). The monoisotopic (exact) mass is 315 g/mol. The fourth-order valence-corrected chi connectivity index (χ4v) is 1.99. The van der Waals surface area contributed by atoms with Crippen LogP contribution in [0.5, 0.6) is 0 Å². The van der Waals surface area contributed by atoms with Gasteiger partial charge in [-0.05, 0) is 31.0 Å². The van der Waals surface area contributed by atoms with Gasteiger partial charge in [0.25, 0.3) is 0 Å². The Labute approximate surface area is 111 Å². The van der Waals surface area contributed by atoms with Crippen molar-refractivity contribution in [3.8, 4) is 0 Å². The quantitative estimate of drug-likeness (QED) is 0.345. The van der Waals surface area contributed by atoms with E-state index in [2.05, 4.69) is 26.4 Å². The number of hydrogen-bond donors (Lipinski definition) is 3. The Morgan fingerprint density at radius 3 is 2.72 bits per heavy atom. The van der Waals surface area contributed by atoms with Crippen molar-refractivity contribution in [1.29, 1.82) is 0 Å². The Hall–Kier alpha value is -1.63. The summed E-state index contributed by atoms with van der Waals surface area (Å²) in [5.74, 6) is -1.15. The first kappa shape index (κ1) is 12.8. The standard InChI is InChI=1S/C11H11BrFN3O2/c12-6-1-2-8(7(13)5-6)15-10(17)11(3-4-11)9(14)16-18/h1-2,5,18H,3-4H2,(H2,14,16)(H,15,17). The van der Waals surface area contributed by atoms with E-state index >= 15 is 0 Å². The topological polar surface area (TPSA) is 87.7 Å². The summed E-state index contributed by atoms with van der Waals surface area (Å²) in [7, 11) is 0. The number of amidine groups is 1. The minimum absolute atomic E-state index is 0.0696. The maximum Gasteiger partial charge on any atom is 0.238 e. The lowest BCUT2D eigenvalue weighted by Gasteiger charge is -2.14. The van der Waals surface area contributed by atoms with Crippen molar-refractivity contribution in [2.75, 3.05) is 5.32 Å². The summed E-state index contributed by atoms with van der Waals surface area (Å²) < 4.78 is 14.1. The molecule has 96 valence electrons. The number of carbonyl (C=O) groups is 1. The molecule has 0 atom stereocenters. The lowest BCUT2D eigenvalue weighted by molar-refractivity contribution is -0.119. The summed E-state index contributed by atoms with van der Waals surface area (Å²) in [6.07, 6.45) is 0.986. The van der Waals surface area contributed by atoms with Crippen LogP contribution in [0, 0.1) is 11.2 Å². The molecule has 0 heterocycles. The average molecular weight is 316 g/mol. The molecule has 0 spiro atoms. The van der Waals surface area contributed by atoms with Gasteiger partial charge in [0.2, 0.25) is 5.91 Å². The van der Waals surface area contributed by atoms with Crippen molar-refractivity contribution in [2.45, 2.75) is 12.8 Å². The third-order valence-corrected chi connectivity index (χ3v) is 3.46. The minimum atomic E-state index is -0.992. The van der Waals surface area contributed by atoms with Gasteiger partial charge in [-0.25, -0.2) is 4.39 Å². The number of amides is 1. The molecule has 1 aromatic rings. The number of nitrogens with zero attached hydrogens (tertiary/aromatic N) is 1. The Morgan fingerprint density at radius 2 is 2.22 bits per heavy atom. The molecule has 0 aromatic heterocycles. The van der Waals surface area contributed by atoms with Gasteiger partial charge >= 0.3 is 0 Å². The summed E-state index contributed by atoms with van der Waals surface area (Å²) in [5.41, 5.74) is 4.55. The van der Waals surface area contributed by atoms with Gasteiger partial charge in [-0.15, -0.1) is 0 Å². The lowest BCUT2D eigenvalue weighted by Crippen LogP contribution is -2.36. The molecule has 1 aromatic carbocycles. The molecule has 0 bridgehead atoms. The number of halogens is 2. The molecule has 4 N–H and O–H groups in total. The van der Waals surface area contributed by atoms with Gasteiger partial charge in [0.15, 0.2) is 5.84 Å². The van der Waals surface area contributed by atoms with Crippen LogP contribution in [0.4, 0.5) is 10.1 Å². The number of carbonyl (C=O) groups excluding carboxylic acids is 1. The van der Waals surface area contributed by atoms with Crippen LogP contribution in [-0.2, 0) is 4.79 Å². The van der Waals surface area contributed by atoms with E-state index in [0.717, 1.165) is 0 Å². The molecule has 5 nitrogen and oxygen atoms in total. The first-order chi connectivity index (χ1) is 8.49. The highest BCUT2D eigenvalue weighted by molar-refractivity contribution is 9.10. The largest absolute Gasteiger partial charge is 0.409 e. The third kappa shape index (κ3) is 2.17. The SMILES string of the molecule is N/C(=N/O)C1(C(=O)Nc2ccc(Br)cc2F)CC1. The molecule has 7 heteroatoms. The average Bonchev–Trinajstić information content (AvgIpc) is 3.13. The zero-order valence-corrected chi connectivity index (χ0v) is 10.9. The molecule has 0 radical (unpaired) electrons. The van der Waals surface area contributed by atoms with Crippen LogP contribution < -0.4 is 11.1 Å². The van der Waals surface area contributed by atoms with Crippen LogP contribution in [0.2, 0.25) is 0 Å². The van der Waals surface area contributed by atoms with Crippen LogP contribution in [-0.4, -0.2) is 17.0 Å². The van der Waals surface area contributed by atoms with Crippen molar-refractivity contribution in [3.63, 3.8) is 0 Å². The summed E-state index contributed by atoms with van der Waals surface area (Å²) >= 11 is 3.12. The molecule has 1 amide bonds. The van der Waals surface area contributed by atoms with Crippen LogP contribution in [0.3, 0.4) is 0 Å². The van der Waals surface area contributed by atoms with Gasteiger partial charge in [-0.3, -0.25) is 4.79 Å². The molecular formula is C11H11BrFN3O2. The fourth-order valence-electron chi connectivity index (χ4n) is 1.65. The van der Waals surface area contributed by atoms with E-state index in [4.69, 9.17) is 10.9 Å². The Morgan fingerprint density at radius 1 is 1.56 bits per heavy atom. The Balaban J connectivity index is 2.18. The molecule has 0 aliphatic heterocycles. The molecular weight excluding hydrogens is 305 g/mol. The van der Waals surface area contributed by atoms with E-state index in [1.54, 1.807) is 6.07 Å². The number of anilines is 1. The molecule has 1 saturated carbocycles. The maximum atomic E-state index is 13.5. The first-order valence-corrected chi connectivity index (χ1v) is 6.03. The number of hydrogen-bond acceptors (Lipinski definition) is 3. The van der Waals surface area contributed by atoms with Crippen molar-refractivity contribution in [1.82, 2.24) is 0 Å². The van der Waals surface area contributed by atoms with E-state index < -0.39 is 17.1 Å². The molecule has 18 heavy (non-hydrogen) atoms. The third-order valence-electron chi connectivity index (χ3n) is 2.96. The summed E-state index contributed by atoms with van der Waals surface area (Å²) in [5, 5.41) is 13.9. The molecule has 1 fully saturated rings. The van der Waals surface area contributed by atoms with Crippen LogP contribution in [0.15, 0.2) is 27.8 Å².